The van der Waals surface area contributed by atoms with Crippen LogP contribution in [0.4, 0.5) is 0 Å². The molecule has 1 aliphatic carbocycles. The van der Waals surface area contributed by atoms with Gasteiger partial charge in [0.1, 0.15) is 5.84 Å². The molecule has 1 N–H and O–H groups in total. The van der Waals surface area contributed by atoms with E-state index in [9.17, 15) is 0 Å². The minimum atomic E-state index is -0.0636. The molecule has 2 aliphatic rings. The highest BCUT2D eigenvalue weighted by Crippen LogP contribution is 2.38. The first-order valence-corrected chi connectivity index (χ1v) is 7.21. The van der Waals surface area contributed by atoms with Crippen LogP contribution in [0, 0.1) is 5.92 Å². The van der Waals surface area contributed by atoms with Crippen molar-refractivity contribution < 1.29 is 0 Å². The number of allylic oxidation sites excluding steroid dienone is 1. The van der Waals surface area contributed by atoms with Gasteiger partial charge in [0.25, 0.3) is 0 Å². The van der Waals surface area contributed by atoms with E-state index in [0.717, 1.165) is 18.2 Å². The van der Waals surface area contributed by atoms with Crippen molar-refractivity contribution in [3.63, 3.8) is 0 Å². The zero-order chi connectivity index (χ0) is 13.5. The van der Waals surface area contributed by atoms with Crippen LogP contribution in [-0.4, -0.2) is 11.4 Å². The van der Waals surface area contributed by atoms with Crippen LogP contribution < -0.4 is 5.32 Å². The predicted molar refractivity (Wildman–Crippen MR) is 80.2 cm³/mol. The zero-order valence-electron chi connectivity index (χ0n) is 12.0. The summed E-state index contributed by atoms with van der Waals surface area (Å²) >= 11 is 0. The highest BCUT2D eigenvalue weighted by atomic mass is 15.1. The SMILES string of the molecule is C[C@@H]1CCC2=C(C1)NC(c1ccccc1)=NC2(C)C. The fraction of sp³-hybridized carbons (Fsp3) is 0.471. The van der Waals surface area contributed by atoms with Gasteiger partial charge in [0.15, 0.2) is 0 Å². The van der Waals surface area contributed by atoms with Crippen LogP contribution in [0.1, 0.15) is 45.6 Å². The second-order valence-electron chi connectivity index (χ2n) is 6.32. The smallest absolute Gasteiger partial charge is 0.133 e. The number of amidine groups is 1. The summed E-state index contributed by atoms with van der Waals surface area (Å²) < 4.78 is 0. The molecule has 2 nitrogen and oxygen atoms in total. The molecule has 1 atom stereocenters. The number of rotatable bonds is 1. The first kappa shape index (κ1) is 12.5. The van der Waals surface area contributed by atoms with Crippen molar-refractivity contribution in [1.82, 2.24) is 5.32 Å². The van der Waals surface area contributed by atoms with Crippen molar-refractivity contribution in [2.75, 3.05) is 0 Å². The molecule has 0 spiro atoms. The Morgan fingerprint density at radius 3 is 2.68 bits per heavy atom. The van der Waals surface area contributed by atoms with E-state index < -0.39 is 0 Å². The van der Waals surface area contributed by atoms with E-state index in [1.807, 2.05) is 6.07 Å². The summed E-state index contributed by atoms with van der Waals surface area (Å²) in [5, 5.41) is 3.59. The van der Waals surface area contributed by atoms with E-state index in [1.54, 1.807) is 0 Å². The van der Waals surface area contributed by atoms with Crippen LogP contribution in [0.15, 0.2) is 46.6 Å². The molecule has 0 fully saturated rings. The van der Waals surface area contributed by atoms with Crippen LogP contribution in [0.3, 0.4) is 0 Å². The normalized spacial score (nSPS) is 25.4. The Hall–Kier alpha value is -1.57. The summed E-state index contributed by atoms with van der Waals surface area (Å²) in [4.78, 5) is 4.94. The van der Waals surface area contributed by atoms with Gasteiger partial charge in [-0.3, -0.25) is 4.99 Å². The molecule has 1 aromatic rings. The van der Waals surface area contributed by atoms with Crippen molar-refractivity contribution >= 4 is 5.84 Å². The Kier molecular flexibility index (Phi) is 2.96. The predicted octanol–water partition coefficient (Wildman–Crippen LogP) is 3.89. The van der Waals surface area contributed by atoms with Gasteiger partial charge in [0, 0.05) is 11.3 Å². The van der Waals surface area contributed by atoms with Crippen LogP contribution in [0.2, 0.25) is 0 Å². The maximum absolute atomic E-state index is 4.94. The topological polar surface area (TPSA) is 24.4 Å². The van der Waals surface area contributed by atoms with Crippen LogP contribution >= 0.6 is 0 Å². The van der Waals surface area contributed by atoms with Gasteiger partial charge < -0.3 is 5.32 Å². The average molecular weight is 254 g/mol. The largest absolute Gasteiger partial charge is 0.344 e. The molecule has 0 saturated heterocycles. The second kappa shape index (κ2) is 4.52. The van der Waals surface area contributed by atoms with Gasteiger partial charge in [-0.05, 0) is 44.6 Å². The third-order valence-electron chi connectivity index (χ3n) is 4.25. The van der Waals surface area contributed by atoms with Gasteiger partial charge in [-0.25, -0.2) is 0 Å². The zero-order valence-corrected chi connectivity index (χ0v) is 12.0. The maximum Gasteiger partial charge on any atom is 0.133 e. The van der Waals surface area contributed by atoms with Crippen molar-refractivity contribution in [1.29, 1.82) is 0 Å². The molecule has 0 amide bonds. The molecule has 19 heavy (non-hydrogen) atoms. The number of aliphatic imine (C=N–C) groups is 1. The summed E-state index contributed by atoms with van der Waals surface area (Å²) in [6.07, 6.45) is 3.63. The van der Waals surface area contributed by atoms with Crippen molar-refractivity contribution in [3.8, 4) is 0 Å². The Morgan fingerprint density at radius 2 is 1.95 bits per heavy atom. The Balaban J connectivity index is 1.97. The Morgan fingerprint density at radius 1 is 1.21 bits per heavy atom. The molecule has 3 rings (SSSR count). The monoisotopic (exact) mass is 254 g/mol. The quantitative estimate of drug-likeness (QED) is 0.808. The summed E-state index contributed by atoms with van der Waals surface area (Å²) in [7, 11) is 0. The molecular formula is C17H22N2. The fourth-order valence-corrected chi connectivity index (χ4v) is 3.17. The number of nitrogens with zero attached hydrogens (tertiary/aromatic N) is 1. The molecule has 0 aromatic heterocycles. The van der Waals surface area contributed by atoms with E-state index in [1.165, 1.54) is 29.7 Å². The van der Waals surface area contributed by atoms with Crippen LogP contribution in [0.5, 0.6) is 0 Å². The van der Waals surface area contributed by atoms with Gasteiger partial charge in [0.2, 0.25) is 0 Å². The summed E-state index contributed by atoms with van der Waals surface area (Å²) in [6, 6.07) is 10.4. The molecule has 1 aliphatic heterocycles. The van der Waals surface area contributed by atoms with Crippen molar-refractivity contribution in [2.24, 2.45) is 10.9 Å². The van der Waals surface area contributed by atoms with E-state index in [0.29, 0.717) is 0 Å². The molecule has 0 bridgehead atoms. The molecular weight excluding hydrogens is 232 g/mol. The number of benzene rings is 1. The van der Waals surface area contributed by atoms with Crippen molar-refractivity contribution in [3.05, 3.63) is 47.2 Å². The lowest BCUT2D eigenvalue weighted by Gasteiger charge is -2.38. The van der Waals surface area contributed by atoms with Gasteiger partial charge >= 0.3 is 0 Å². The summed E-state index contributed by atoms with van der Waals surface area (Å²) in [5.41, 5.74) is 4.04. The number of hydrogen-bond donors (Lipinski definition) is 1. The lowest BCUT2D eigenvalue weighted by Crippen LogP contribution is -2.40. The van der Waals surface area contributed by atoms with Gasteiger partial charge in [-0.15, -0.1) is 0 Å². The third-order valence-corrected chi connectivity index (χ3v) is 4.25. The molecule has 100 valence electrons. The molecule has 0 unspecified atom stereocenters. The molecule has 1 aromatic carbocycles. The summed E-state index contributed by atoms with van der Waals surface area (Å²) in [5.74, 6) is 1.80. The Labute approximate surface area is 115 Å². The van der Waals surface area contributed by atoms with Gasteiger partial charge in [-0.2, -0.15) is 0 Å². The van der Waals surface area contributed by atoms with Gasteiger partial charge in [-0.1, -0.05) is 37.3 Å². The highest BCUT2D eigenvalue weighted by Gasteiger charge is 2.33. The average Bonchev–Trinajstić information content (AvgIpc) is 2.38. The lowest BCUT2D eigenvalue weighted by molar-refractivity contribution is 0.433. The third kappa shape index (κ3) is 2.32. The molecule has 0 saturated carbocycles. The van der Waals surface area contributed by atoms with E-state index >= 15 is 0 Å². The van der Waals surface area contributed by atoms with Gasteiger partial charge in [0.05, 0.1) is 5.54 Å². The first-order valence-electron chi connectivity index (χ1n) is 7.21. The van der Waals surface area contributed by atoms with Crippen molar-refractivity contribution in [2.45, 2.75) is 45.6 Å². The highest BCUT2D eigenvalue weighted by molar-refractivity contribution is 6.01. The van der Waals surface area contributed by atoms with E-state index in [-0.39, 0.29) is 5.54 Å². The molecule has 1 heterocycles. The number of hydrogen-bond acceptors (Lipinski definition) is 2. The van der Waals surface area contributed by atoms with E-state index in [2.05, 4.69) is 50.4 Å². The summed E-state index contributed by atoms with van der Waals surface area (Å²) in [6.45, 7) is 6.82. The van der Waals surface area contributed by atoms with Crippen LogP contribution in [-0.2, 0) is 0 Å². The standard InChI is InChI=1S/C17H22N2/c1-12-9-10-14-15(11-12)18-16(19-17(14,2)3)13-7-5-4-6-8-13/h4-8,12H,9-11H2,1-3H3,(H,18,19)/t12-/m1/s1. The fourth-order valence-electron chi connectivity index (χ4n) is 3.17. The number of nitrogens with one attached hydrogen (secondary N) is 1. The Bertz CT molecular complexity index is 538. The van der Waals surface area contributed by atoms with Crippen LogP contribution in [0.25, 0.3) is 0 Å². The molecule has 0 radical (unpaired) electrons. The second-order valence-corrected chi connectivity index (χ2v) is 6.32. The first-order chi connectivity index (χ1) is 9.06. The minimum absolute atomic E-state index is 0.0636. The minimum Gasteiger partial charge on any atom is -0.344 e. The van der Waals surface area contributed by atoms with E-state index in [4.69, 9.17) is 4.99 Å². The molecule has 2 heteroatoms. The lowest BCUT2D eigenvalue weighted by atomic mass is 9.79. The maximum atomic E-state index is 4.94.